The topological polar surface area (TPSA) is 42.2 Å². The van der Waals surface area contributed by atoms with Gasteiger partial charge in [0.2, 0.25) is 0 Å². The SMILES string of the molecule is Fc1cc(-c2ccc3sncc3c2)cn2cc(C3CCNCC3)nc12. The third-order valence-electron chi connectivity index (χ3n) is 4.97. The van der Waals surface area contributed by atoms with Gasteiger partial charge in [0.1, 0.15) is 0 Å². The van der Waals surface area contributed by atoms with Gasteiger partial charge >= 0.3 is 0 Å². The zero-order valence-corrected chi connectivity index (χ0v) is 14.4. The summed E-state index contributed by atoms with van der Waals surface area (Å²) in [5.41, 5.74) is 3.25. The maximum atomic E-state index is 14.7. The van der Waals surface area contributed by atoms with Crippen molar-refractivity contribution in [2.24, 2.45) is 0 Å². The Morgan fingerprint density at radius 1 is 1.12 bits per heavy atom. The van der Waals surface area contributed by atoms with Gasteiger partial charge in [-0.15, -0.1) is 0 Å². The van der Waals surface area contributed by atoms with Crippen molar-refractivity contribution in [2.45, 2.75) is 18.8 Å². The van der Waals surface area contributed by atoms with E-state index >= 15 is 0 Å². The van der Waals surface area contributed by atoms with Gasteiger partial charge < -0.3 is 9.72 Å². The Morgan fingerprint density at radius 3 is 2.88 bits per heavy atom. The summed E-state index contributed by atoms with van der Waals surface area (Å²) in [5, 5.41) is 4.45. The summed E-state index contributed by atoms with van der Waals surface area (Å²) in [4.78, 5) is 4.56. The van der Waals surface area contributed by atoms with E-state index in [0.717, 1.165) is 52.8 Å². The molecule has 0 saturated carbocycles. The molecule has 0 atom stereocenters. The number of pyridine rings is 1. The van der Waals surface area contributed by atoms with Gasteiger partial charge in [-0.1, -0.05) is 6.07 Å². The molecule has 1 N–H and O–H groups in total. The van der Waals surface area contributed by atoms with Crippen LogP contribution in [0, 0.1) is 5.82 Å². The molecule has 0 unspecified atom stereocenters. The molecule has 3 aromatic heterocycles. The van der Waals surface area contributed by atoms with Crippen LogP contribution < -0.4 is 5.32 Å². The molecule has 4 nitrogen and oxygen atoms in total. The van der Waals surface area contributed by atoms with Crippen LogP contribution in [0.4, 0.5) is 4.39 Å². The number of hydrogen-bond acceptors (Lipinski definition) is 4. The Labute approximate surface area is 148 Å². The van der Waals surface area contributed by atoms with Crippen molar-refractivity contribution in [3.8, 4) is 11.1 Å². The first-order valence-electron chi connectivity index (χ1n) is 8.51. The van der Waals surface area contributed by atoms with E-state index in [1.165, 1.54) is 11.5 Å². The van der Waals surface area contributed by atoms with E-state index in [1.54, 1.807) is 6.07 Å². The number of hydrogen-bond donors (Lipinski definition) is 1. The standard InChI is InChI=1S/C19H17FN4S/c20-16-8-15(13-1-2-18-14(7-13)9-22-25-18)10-24-11-17(23-19(16)24)12-3-5-21-6-4-12/h1-2,7-12,21H,3-6H2. The fourth-order valence-corrected chi connectivity index (χ4v) is 4.23. The number of halogens is 1. The van der Waals surface area contributed by atoms with Gasteiger partial charge in [0, 0.05) is 35.5 Å². The van der Waals surface area contributed by atoms with Crippen molar-refractivity contribution < 1.29 is 4.39 Å². The van der Waals surface area contributed by atoms with Gasteiger partial charge in [-0.2, -0.15) is 4.37 Å². The lowest BCUT2D eigenvalue weighted by atomic mass is 9.95. The maximum absolute atomic E-state index is 14.7. The van der Waals surface area contributed by atoms with Crippen molar-refractivity contribution in [3.05, 3.63) is 54.4 Å². The van der Waals surface area contributed by atoms with Gasteiger partial charge in [-0.25, -0.2) is 9.37 Å². The number of rotatable bonds is 2. The number of benzene rings is 1. The molecule has 126 valence electrons. The number of imidazole rings is 1. The fraction of sp³-hybridized carbons (Fsp3) is 0.263. The highest BCUT2D eigenvalue weighted by Gasteiger charge is 2.19. The fourth-order valence-electron chi connectivity index (χ4n) is 3.60. The molecule has 1 fully saturated rings. The average molecular weight is 352 g/mol. The van der Waals surface area contributed by atoms with Crippen molar-refractivity contribution in [1.29, 1.82) is 0 Å². The van der Waals surface area contributed by atoms with Crippen molar-refractivity contribution in [3.63, 3.8) is 0 Å². The summed E-state index contributed by atoms with van der Waals surface area (Å²) in [6.45, 7) is 2.00. The first kappa shape index (κ1) is 15.0. The van der Waals surface area contributed by atoms with Crippen molar-refractivity contribution in [1.82, 2.24) is 19.1 Å². The second-order valence-corrected chi connectivity index (χ2v) is 7.41. The summed E-state index contributed by atoms with van der Waals surface area (Å²) in [6, 6.07) is 7.70. The smallest absolute Gasteiger partial charge is 0.173 e. The van der Waals surface area contributed by atoms with Gasteiger partial charge in [0.15, 0.2) is 11.5 Å². The van der Waals surface area contributed by atoms with Crippen LogP contribution in [0.15, 0.2) is 42.9 Å². The molecule has 6 heteroatoms. The highest BCUT2D eigenvalue weighted by Crippen LogP contribution is 2.29. The first-order chi connectivity index (χ1) is 12.3. The maximum Gasteiger partial charge on any atom is 0.173 e. The number of fused-ring (bicyclic) bond motifs is 2. The predicted octanol–water partition coefficient (Wildman–Crippen LogP) is 4.22. The lowest BCUT2D eigenvalue weighted by molar-refractivity contribution is 0.454. The first-order valence-corrected chi connectivity index (χ1v) is 9.29. The Kier molecular flexibility index (Phi) is 3.53. The van der Waals surface area contributed by atoms with E-state index in [4.69, 9.17) is 0 Å². The second kappa shape index (κ2) is 5.89. The summed E-state index contributed by atoms with van der Waals surface area (Å²) < 4.78 is 21.8. The molecule has 0 bridgehead atoms. The van der Waals surface area contributed by atoms with Crippen LogP contribution in [-0.4, -0.2) is 26.8 Å². The highest BCUT2D eigenvalue weighted by molar-refractivity contribution is 7.13. The highest BCUT2D eigenvalue weighted by atomic mass is 32.1. The minimum atomic E-state index is -0.277. The number of piperidine rings is 1. The second-order valence-electron chi connectivity index (χ2n) is 6.58. The molecule has 0 amide bonds. The molecule has 1 aromatic carbocycles. The molecule has 1 aliphatic rings. The van der Waals surface area contributed by atoms with Crippen LogP contribution in [0.1, 0.15) is 24.5 Å². The lowest BCUT2D eigenvalue weighted by Gasteiger charge is -2.20. The third-order valence-corrected chi connectivity index (χ3v) is 5.75. The van der Waals surface area contributed by atoms with Gasteiger partial charge in [0.25, 0.3) is 0 Å². The molecule has 4 aromatic rings. The third kappa shape index (κ3) is 2.62. The normalized spacial score (nSPS) is 16.0. The number of nitrogens with zero attached hydrogens (tertiary/aromatic N) is 3. The molecule has 4 heterocycles. The monoisotopic (exact) mass is 352 g/mol. The lowest BCUT2D eigenvalue weighted by Crippen LogP contribution is -2.26. The Hall–Kier alpha value is -2.31. The summed E-state index contributed by atoms with van der Waals surface area (Å²) in [6.07, 6.45) is 7.92. The van der Waals surface area contributed by atoms with Gasteiger partial charge in [-0.05, 0) is 61.2 Å². The van der Waals surface area contributed by atoms with Crippen LogP contribution in [0.2, 0.25) is 0 Å². The van der Waals surface area contributed by atoms with E-state index in [-0.39, 0.29) is 5.82 Å². The molecule has 5 rings (SSSR count). The van der Waals surface area contributed by atoms with E-state index < -0.39 is 0 Å². The van der Waals surface area contributed by atoms with E-state index in [1.807, 2.05) is 35.1 Å². The largest absolute Gasteiger partial charge is 0.317 e. The van der Waals surface area contributed by atoms with Crippen LogP contribution in [0.25, 0.3) is 26.9 Å². The molecular weight excluding hydrogens is 335 g/mol. The van der Waals surface area contributed by atoms with Crippen LogP contribution >= 0.6 is 11.5 Å². The molecule has 1 saturated heterocycles. The van der Waals surface area contributed by atoms with Crippen LogP contribution in [0.5, 0.6) is 0 Å². The van der Waals surface area contributed by atoms with Crippen LogP contribution in [0.3, 0.4) is 0 Å². The number of nitrogens with one attached hydrogen (secondary N) is 1. The molecule has 25 heavy (non-hydrogen) atoms. The number of aromatic nitrogens is 3. The molecule has 0 spiro atoms. The minimum absolute atomic E-state index is 0.277. The van der Waals surface area contributed by atoms with E-state index in [2.05, 4.69) is 20.7 Å². The predicted molar refractivity (Wildman–Crippen MR) is 98.6 cm³/mol. The van der Waals surface area contributed by atoms with E-state index in [9.17, 15) is 4.39 Å². The zero-order chi connectivity index (χ0) is 16.8. The van der Waals surface area contributed by atoms with Crippen molar-refractivity contribution in [2.75, 3.05) is 13.1 Å². The van der Waals surface area contributed by atoms with Crippen molar-refractivity contribution >= 4 is 27.3 Å². The van der Waals surface area contributed by atoms with E-state index in [0.29, 0.717) is 11.6 Å². The zero-order valence-electron chi connectivity index (χ0n) is 13.6. The molecule has 0 radical (unpaired) electrons. The molecule has 1 aliphatic heterocycles. The minimum Gasteiger partial charge on any atom is -0.317 e. The van der Waals surface area contributed by atoms with Crippen LogP contribution in [-0.2, 0) is 0 Å². The Morgan fingerprint density at radius 2 is 2.00 bits per heavy atom. The summed E-state index contributed by atoms with van der Waals surface area (Å²) in [7, 11) is 0. The molecular formula is C19H17FN4S. The Balaban J connectivity index is 1.59. The quantitative estimate of drug-likeness (QED) is 0.587. The van der Waals surface area contributed by atoms with Gasteiger partial charge in [0.05, 0.1) is 10.4 Å². The Bertz CT molecular complexity index is 1060. The summed E-state index contributed by atoms with van der Waals surface area (Å²) >= 11 is 1.47. The average Bonchev–Trinajstić information content (AvgIpc) is 3.28. The summed E-state index contributed by atoms with van der Waals surface area (Å²) in [5.74, 6) is 0.137. The van der Waals surface area contributed by atoms with Gasteiger partial charge in [-0.3, -0.25) is 0 Å². The molecule has 0 aliphatic carbocycles.